The van der Waals surface area contributed by atoms with Crippen molar-refractivity contribution >= 4 is 46.8 Å². The molecule has 4 rings (SSSR count). The molecule has 7 nitrogen and oxygen atoms in total. The van der Waals surface area contributed by atoms with Gasteiger partial charge in [-0.05, 0) is 36.4 Å². The molecule has 0 aliphatic carbocycles. The third kappa shape index (κ3) is 2.98. The summed E-state index contributed by atoms with van der Waals surface area (Å²) in [6.45, 7) is -0.740. The van der Waals surface area contributed by atoms with Crippen LogP contribution in [0.2, 0.25) is 10.0 Å². The monoisotopic (exact) mass is 451 g/mol. The minimum Gasteiger partial charge on any atom is -0.480 e. The SMILES string of the molecule is CN1C(=O)N(Cc2cc(Cl)ccc2F)CC12C(=O)N(CC(=O)O)c1ccc(Cl)cc12. The molecule has 0 radical (unpaired) electrons. The van der Waals surface area contributed by atoms with Crippen LogP contribution in [-0.4, -0.2) is 53.0 Å². The van der Waals surface area contributed by atoms with Crippen molar-refractivity contribution in [2.75, 3.05) is 25.0 Å². The molecule has 30 heavy (non-hydrogen) atoms. The fraction of sp³-hybridized carbons (Fsp3) is 0.250. The fourth-order valence-electron chi connectivity index (χ4n) is 4.11. The number of nitrogens with zero attached hydrogens (tertiary/aromatic N) is 3. The van der Waals surface area contributed by atoms with Gasteiger partial charge in [-0.2, -0.15) is 0 Å². The first-order chi connectivity index (χ1) is 14.1. The van der Waals surface area contributed by atoms with Gasteiger partial charge < -0.3 is 14.9 Å². The molecule has 1 saturated heterocycles. The summed E-state index contributed by atoms with van der Waals surface area (Å²) in [5.41, 5.74) is -0.434. The summed E-state index contributed by atoms with van der Waals surface area (Å²) in [6, 6.07) is 8.22. The van der Waals surface area contributed by atoms with Crippen LogP contribution in [0.15, 0.2) is 36.4 Å². The number of amides is 3. The lowest BCUT2D eigenvalue weighted by Crippen LogP contribution is -2.51. The Morgan fingerprint density at radius 3 is 2.53 bits per heavy atom. The van der Waals surface area contributed by atoms with E-state index in [9.17, 15) is 23.9 Å². The number of carboxylic acids is 1. The van der Waals surface area contributed by atoms with Crippen LogP contribution in [0.25, 0.3) is 0 Å². The van der Waals surface area contributed by atoms with Crippen molar-refractivity contribution in [3.63, 3.8) is 0 Å². The van der Waals surface area contributed by atoms with Crippen molar-refractivity contribution in [1.29, 1.82) is 0 Å². The van der Waals surface area contributed by atoms with Crippen LogP contribution in [0.4, 0.5) is 14.9 Å². The molecule has 1 spiro atoms. The molecule has 2 heterocycles. The highest BCUT2D eigenvalue weighted by Crippen LogP contribution is 2.48. The lowest BCUT2D eigenvalue weighted by atomic mass is 9.91. The Hall–Kier alpha value is -2.84. The molecule has 2 aliphatic heterocycles. The van der Waals surface area contributed by atoms with Crippen molar-refractivity contribution in [2.45, 2.75) is 12.1 Å². The van der Waals surface area contributed by atoms with E-state index in [-0.39, 0.29) is 18.7 Å². The molecule has 1 fully saturated rings. The lowest BCUT2D eigenvalue weighted by Gasteiger charge is -2.29. The number of likely N-dealkylation sites (N-methyl/N-ethyl adjacent to an activating group) is 1. The molecule has 0 aromatic heterocycles. The van der Waals surface area contributed by atoms with Gasteiger partial charge in [0.15, 0.2) is 5.54 Å². The molecule has 0 bridgehead atoms. The van der Waals surface area contributed by atoms with Crippen molar-refractivity contribution < 1.29 is 23.9 Å². The number of fused-ring (bicyclic) bond motifs is 2. The van der Waals surface area contributed by atoms with Crippen molar-refractivity contribution in [3.8, 4) is 0 Å². The molecule has 1 atom stereocenters. The van der Waals surface area contributed by atoms with E-state index in [2.05, 4.69) is 0 Å². The van der Waals surface area contributed by atoms with Gasteiger partial charge in [-0.1, -0.05) is 23.2 Å². The molecule has 0 saturated carbocycles. The summed E-state index contributed by atoms with van der Waals surface area (Å²) in [5, 5.41) is 9.93. The zero-order chi connectivity index (χ0) is 21.8. The molecular weight excluding hydrogens is 436 g/mol. The Bertz CT molecular complexity index is 1100. The number of carbonyl (C=O) groups is 3. The Morgan fingerprint density at radius 1 is 1.17 bits per heavy atom. The summed E-state index contributed by atoms with van der Waals surface area (Å²) >= 11 is 12.1. The van der Waals surface area contributed by atoms with E-state index < -0.39 is 35.8 Å². The van der Waals surface area contributed by atoms with Crippen molar-refractivity contribution in [3.05, 3.63) is 63.4 Å². The second-order valence-corrected chi connectivity index (χ2v) is 8.11. The second kappa shape index (κ2) is 7.14. The van der Waals surface area contributed by atoms with E-state index in [0.29, 0.717) is 21.3 Å². The maximum absolute atomic E-state index is 14.2. The maximum atomic E-state index is 14.2. The number of hydrogen-bond donors (Lipinski definition) is 1. The van der Waals surface area contributed by atoms with Crippen LogP contribution in [-0.2, 0) is 21.7 Å². The zero-order valence-corrected chi connectivity index (χ0v) is 17.2. The summed E-state index contributed by atoms with van der Waals surface area (Å²) in [5.74, 6) is -2.26. The average Bonchev–Trinajstić information content (AvgIpc) is 3.06. The molecule has 2 aromatic carbocycles. The van der Waals surface area contributed by atoms with E-state index in [4.69, 9.17) is 23.2 Å². The Balaban J connectivity index is 1.77. The number of urea groups is 1. The number of carbonyl (C=O) groups excluding carboxylic acids is 2. The Kier molecular flexibility index (Phi) is 4.86. The van der Waals surface area contributed by atoms with Crippen LogP contribution in [0, 0.1) is 5.82 Å². The quantitative estimate of drug-likeness (QED) is 0.772. The van der Waals surface area contributed by atoms with Crippen LogP contribution in [0.3, 0.4) is 0 Å². The van der Waals surface area contributed by atoms with Crippen molar-refractivity contribution in [1.82, 2.24) is 9.80 Å². The first-order valence-corrected chi connectivity index (χ1v) is 9.71. The topological polar surface area (TPSA) is 81.2 Å². The molecule has 156 valence electrons. The number of carboxylic acid groups (broad SMARTS) is 1. The second-order valence-electron chi connectivity index (χ2n) is 7.24. The Labute approximate surface area is 181 Å². The molecule has 10 heteroatoms. The van der Waals surface area contributed by atoms with E-state index in [0.717, 1.165) is 4.90 Å². The normalized spacial score (nSPS) is 20.5. The minimum atomic E-state index is -1.46. The third-order valence-corrected chi connectivity index (χ3v) is 5.98. The van der Waals surface area contributed by atoms with Gasteiger partial charge in [0.1, 0.15) is 12.4 Å². The number of aliphatic carboxylic acids is 1. The van der Waals surface area contributed by atoms with Gasteiger partial charge in [0, 0.05) is 28.2 Å². The lowest BCUT2D eigenvalue weighted by molar-refractivity contribution is -0.137. The van der Waals surface area contributed by atoms with Gasteiger partial charge >= 0.3 is 12.0 Å². The van der Waals surface area contributed by atoms with Gasteiger partial charge in [0.05, 0.1) is 18.8 Å². The highest BCUT2D eigenvalue weighted by molar-refractivity contribution is 6.31. The van der Waals surface area contributed by atoms with Crippen molar-refractivity contribution in [2.24, 2.45) is 0 Å². The van der Waals surface area contributed by atoms with Gasteiger partial charge in [-0.25, -0.2) is 9.18 Å². The maximum Gasteiger partial charge on any atom is 0.323 e. The first kappa shape index (κ1) is 20.4. The average molecular weight is 452 g/mol. The number of benzene rings is 2. The molecule has 3 amide bonds. The predicted octanol–water partition coefficient (Wildman–Crippen LogP) is 3.33. The summed E-state index contributed by atoms with van der Waals surface area (Å²) in [6.07, 6.45) is 0. The number of rotatable bonds is 4. The standard InChI is InChI=1S/C20H16Cl2FN3O4/c1-24-19(30)25(8-11-6-12(21)2-4-15(11)23)10-20(24)14-7-13(22)3-5-16(14)26(18(20)29)9-17(27)28/h2-7H,8-10H2,1H3,(H,27,28). The number of hydrogen-bond acceptors (Lipinski definition) is 3. The largest absolute Gasteiger partial charge is 0.480 e. The van der Waals surface area contributed by atoms with E-state index >= 15 is 0 Å². The van der Waals surface area contributed by atoms with E-state index in [1.807, 2.05) is 0 Å². The molecule has 2 aromatic rings. The highest BCUT2D eigenvalue weighted by Gasteiger charge is 2.61. The summed E-state index contributed by atoms with van der Waals surface area (Å²) in [4.78, 5) is 41.5. The smallest absolute Gasteiger partial charge is 0.323 e. The van der Waals surface area contributed by atoms with Gasteiger partial charge in [0.2, 0.25) is 0 Å². The minimum absolute atomic E-state index is 0.0867. The van der Waals surface area contributed by atoms with Gasteiger partial charge in [0.25, 0.3) is 5.91 Å². The summed E-state index contributed by atoms with van der Waals surface area (Å²) < 4.78 is 14.2. The molecule has 1 unspecified atom stereocenters. The van der Waals surface area contributed by atoms with Crippen LogP contribution >= 0.6 is 23.2 Å². The van der Waals surface area contributed by atoms with Crippen LogP contribution in [0.1, 0.15) is 11.1 Å². The zero-order valence-electron chi connectivity index (χ0n) is 15.7. The first-order valence-electron chi connectivity index (χ1n) is 8.95. The number of halogens is 3. The number of anilines is 1. The van der Waals surface area contributed by atoms with Crippen LogP contribution in [0.5, 0.6) is 0 Å². The fourth-order valence-corrected chi connectivity index (χ4v) is 4.48. The van der Waals surface area contributed by atoms with E-state index in [1.54, 1.807) is 18.2 Å². The molecule has 1 N–H and O–H groups in total. The van der Waals surface area contributed by atoms with E-state index in [1.165, 1.54) is 35.0 Å². The highest BCUT2D eigenvalue weighted by atomic mass is 35.5. The molecule has 2 aliphatic rings. The summed E-state index contributed by atoms with van der Waals surface area (Å²) in [7, 11) is 1.46. The third-order valence-electron chi connectivity index (χ3n) is 5.51. The van der Waals surface area contributed by atoms with Crippen LogP contribution < -0.4 is 4.90 Å². The Morgan fingerprint density at radius 2 is 1.83 bits per heavy atom. The van der Waals surface area contributed by atoms with Gasteiger partial charge in [-0.3, -0.25) is 14.5 Å². The predicted molar refractivity (Wildman–Crippen MR) is 108 cm³/mol. The van der Waals surface area contributed by atoms with Gasteiger partial charge in [-0.15, -0.1) is 0 Å². The molecular formula is C20H16Cl2FN3O4.